The summed E-state index contributed by atoms with van der Waals surface area (Å²) in [5, 5.41) is 4.76. The van der Waals surface area contributed by atoms with Crippen molar-refractivity contribution >= 4 is 0 Å². The fraction of sp³-hybridized carbons (Fsp3) is 0.600. The minimum atomic E-state index is 0.452. The van der Waals surface area contributed by atoms with Crippen LogP contribution in [-0.4, -0.2) is 50.7 Å². The molecule has 0 unspecified atom stereocenters. The van der Waals surface area contributed by atoms with Gasteiger partial charge in [-0.25, -0.2) is 0 Å². The Labute approximate surface area is 150 Å². The molecule has 0 N–H and O–H groups in total. The number of nitrogens with zero attached hydrogens (tertiary/aromatic N) is 5. The summed E-state index contributed by atoms with van der Waals surface area (Å²) < 4.78 is 2.15. The molecule has 134 valence electrons. The molecule has 5 heteroatoms. The number of likely N-dealkylation sites (tertiary alicyclic amines) is 2. The maximum atomic E-state index is 4.76. The van der Waals surface area contributed by atoms with E-state index in [9.17, 15) is 0 Å². The van der Waals surface area contributed by atoms with E-state index in [1.165, 1.54) is 55.7 Å². The first-order valence-corrected chi connectivity index (χ1v) is 9.70. The average molecular weight is 339 g/mol. The molecule has 2 aromatic rings. The van der Waals surface area contributed by atoms with Crippen LogP contribution in [0.4, 0.5) is 0 Å². The quantitative estimate of drug-likeness (QED) is 0.811. The largest absolute Gasteiger partial charge is 0.301 e. The fourth-order valence-electron chi connectivity index (χ4n) is 4.22. The lowest BCUT2D eigenvalue weighted by atomic mass is 10.1. The van der Waals surface area contributed by atoms with E-state index in [0.29, 0.717) is 6.04 Å². The molecule has 25 heavy (non-hydrogen) atoms. The highest BCUT2D eigenvalue weighted by molar-refractivity contribution is 5.17. The lowest BCUT2D eigenvalue weighted by Gasteiger charge is -2.23. The third kappa shape index (κ3) is 3.93. The molecule has 0 bridgehead atoms. The summed E-state index contributed by atoms with van der Waals surface area (Å²) in [4.78, 5) is 9.70. The van der Waals surface area contributed by atoms with Gasteiger partial charge in [0.25, 0.3) is 0 Å². The van der Waals surface area contributed by atoms with Gasteiger partial charge in [0.1, 0.15) is 0 Å². The van der Waals surface area contributed by atoms with Gasteiger partial charge in [-0.05, 0) is 64.4 Å². The lowest BCUT2D eigenvalue weighted by Crippen LogP contribution is -2.24. The molecule has 2 aliphatic rings. The van der Waals surface area contributed by atoms with Crippen LogP contribution in [0.2, 0.25) is 0 Å². The third-order valence-electron chi connectivity index (χ3n) is 5.66. The van der Waals surface area contributed by atoms with Crippen LogP contribution in [0.3, 0.4) is 0 Å². The van der Waals surface area contributed by atoms with Gasteiger partial charge < -0.3 is 4.90 Å². The molecular formula is C20H29N5. The highest BCUT2D eigenvalue weighted by Crippen LogP contribution is 2.32. The van der Waals surface area contributed by atoms with Gasteiger partial charge in [0, 0.05) is 31.0 Å². The summed E-state index contributed by atoms with van der Waals surface area (Å²) in [6, 6.07) is 6.71. The second kappa shape index (κ2) is 7.67. The molecule has 0 aromatic carbocycles. The number of pyridine rings is 1. The number of hydrogen-bond donors (Lipinski definition) is 0. The van der Waals surface area contributed by atoms with E-state index in [1.807, 2.05) is 12.3 Å². The van der Waals surface area contributed by atoms with Crippen LogP contribution in [0.1, 0.15) is 48.7 Å². The molecule has 2 aliphatic heterocycles. The zero-order valence-corrected chi connectivity index (χ0v) is 15.3. The van der Waals surface area contributed by atoms with Crippen molar-refractivity contribution in [2.24, 2.45) is 0 Å². The van der Waals surface area contributed by atoms with Crippen molar-refractivity contribution in [2.45, 2.75) is 51.7 Å². The molecule has 4 rings (SSSR count). The molecule has 0 amide bonds. The first-order valence-electron chi connectivity index (χ1n) is 9.70. The molecule has 4 heterocycles. The third-order valence-corrected chi connectivity index (χ3v) is 5.66. The minimum absolute atomic E-state index is 0.452. The summed E-state index contributed by atoms with van der Waals surface area (Å²) in [6.45, 7) is 8.93. The normalized spacial score (nSPS) is 22.0. The highest BCUT2D eigenvalue weighted by Gasteiger charge is 2.27. The average Bonchev–Trinajstić information content (AvgIpc) is 3.37. The molecular weight excluding hydrogens is 310 g/mol. The van der Waals surface area contributed by atoms with Crippen LogP contribution in [0.15, 0.2) is 30.6 Å². The van der Waals surface area contributed by atoms with E-state index in [4.69, 9.17) is 5.10 Å². The van der Waals surface area contributed by atoms with Gasteiger partial charge in [0.2, 0.25) is 0 Å². The smallest absolute Gasteiger partial charge is 0.0638 e. The Morgan fingerprint density at radius 3 is 2.76 bits per heavy atom. The molecule has 1 atom stereocenters. The summed E-state index contributed by atoms with van der Waals surface area (Å²) in [6.07, 6.45) is 9.34. The second-order valence-electron chi connectivity index (χ2n) is 7.43. The van der Waals surface area contributed by atoms with Gasteiger partial charge in [0.05, 0.1) is 24.0 Å². The predicted octanol–water partition coefficient (Wildman–Crippen LogP) is 3.02. The van der Waals surface area contributed by atoms with E-state index in [0.717, 1.165) is 26.2 Å². The van der Waals surface area contributed by atoms with Gasteiger partial charge in [-0.1, -0.05) is 6.07 Å². The maximum absolute atomic E-state index is 4.76. The van der Waals surface area contributed by atoms with E-state index in [1.54, 1.807) is 0 Å². The van der Waals surface area contributed by atoms with E-state index < -0.39 is 0 Å². The van der Waals surface area contributed by atoms with E-state index in [-0.39, 0.29) is 0 Å². The van der Waals surface area contributed by atoms with Crippen LogP contribution in [0.25, 0.3) is 0 Å². The van der Waals surface area contributed by atoms with E-state index in [2.05, 4.69) is 44.7 Å². The molecule has 0 saturated carbocycles. The first kappa shape index (κ1) is 16.7. The van der Waals surface area contributed by atoms with Crippen LogP contribution in [0, 0.1) is 6.92 Å². The number of aromatic nitrogens is 3. The SMILES string of the molecule is Cc1nn(CCN2CCCC2)cc1CN1CCC[C@H]1c1ccccn1. The molecule has 2 aromatic heterocycles. The van der Waals surface area contributed by atoms with Crippen LogP contribution < -0.4 is 0 Å². The minimum Gasteiger partial charge on any atom is -0.301 e. The van der Waals surface area contributed by atoms with Crippen LogP contribution in [0.5, 0.6) is 0 Å². The topological polar surface area (TPSA) is 37.2 Å². The molecule has 0 spiro atoms. The monoisotopic (exact) mass is 339 g/mol. The Morgan fingerprint density at radius 2 is 1.96 bits per heavy atom. The molecule has 0 aliphatic carbocycles. The number of aryl methyl sites for hydroxylation is 1. The van der Waals surface area contributed by atoms with Gasteiger partial charge in [-0.2, -0.15) is 5.10 Å². The van der Waals surface area contributed by atoms with Crippen molar-refractivity contribution in [3.8, 4) is 0 Å². The summed E-state index contributed by atoms with van der Waals surface area (Å²) >= 11 is 0. The van der Waals surface area contributed by atoms with Crippen molar-refractivity contribution in [3.63, 3.8) is 0 Å². The molecule has 5 nitrogen and oxygen atoms in total. The predicted molar refractivity (Wildman–Crippen MR) is 99.3 cm³/mol. The van der Waals surface area contributed by atoms with Crippen LogP contribution >= 0.6 is 0 Å². The Morgan fingerprint density at radius 1 is 1.08 bits per heavy atom. The zero-order chi connectivity index (χ0) is 17.1. The Balaban J connectivity index is 1.40. The zero-order valence-electron chi connectivity index (χ0n) is 15.3. The van der Waals surface area contributed by atoms with Crippen molar-refractivity contribution in [3.05, 3.63) is 47.5 Å². The van der Waals surface area contributed by atoms with Crippen LogP contribution in [-0.2, 0) is 13.1 Å². The maximum Gasteiger partial charge on any atom is 0.0638 e. The van der Waals surface area contributed by atoms with Crippen molar-refractivity contribution in [1.29, 1.82) is 0 Å². The van der Waals surface area contributed by atoms with Gasteiger partial charge in [0.15, 0.2) is 0 Å². The Hall–Kier alpha value is -1.72. The lowest BCUT2D eigenvalue weighted by molar-refractivity contribution is 0.244. The van der Waals surface area contributed by atoms with Crippen molar-refractivity contribution in [2.75, 3.05) is 26.2 Å². The number of hydrogen-bond acceptors (Lipinski definition) is 4. The van der Waals surface area contributed by atoms with Gasteiger partial charge >= 0.3 is 0 Å². The van der Waals surface area contributed by atoms with E-state index >= 15 is 0 Å². The van der Waals surface area contributed by atoms with Gasteiger partial charge in [-0.15, -0.1) is 0 Å². The molecule has 0 radical (unpaired) electrons. The summed E-state index contributed by atoms with van der Waals surface area (Å²) in [7, 11) is 0. The second-order valence-corrected chi connectivity index (χ2v) is 7.43. The number of rotatable bonds is 6. The van der Waals surface area contributed by atoms with Crippen molar-refractivity contribution in [1.82, 2.24) is 24.6 Å². The van der Waals surface area contributed by atoms with Gasteiger partial charge in [-0.3, -0.25) is 14.6 Å². The standard InChI is InChI=1S/C20H29N5/c1-17-18(16-25(22-17)14-13-23-10-4-5-11-23)15-24-12-6-8-20(24)19-7-2-3-9-21-19/h2-3,7,9,16,20H,4-6,8,10-15H2,1H3/t20-/m0/s1. The Kier molecular flexibility index (Phi) is 5.13. The highest BCUT2D eigenvalue weighted by atomic mass is 15.3. The van der Waals surface area contributed by atoms with Crippen molar-refractivity contribution < 1.29 is 0 Å². The summed E-state index contributed by atoms with van der Waals surface area (Å²) in [5.74, 6) is 0. The molecule has 2 saturated heterocycles. The fourth-order valence-corrected chi connectivity index (χ4v) is 4.22. The Bertz CT molecular complexity index is 675. The first-order chi connectivity index (χ1) is 12.3. The molecule has 2 fully saturated rings. The summed E-state index contributed by atoms with van der Waals surface area (Å²) in [5.41, 5.74) is 3.75.